The Labute approximate surface area is 224 Å². The topological polar surface area (TPSA) is 144 Å². The van der Waals surface area contributed by atoms with Crippen LogP contribution >= 0.6 is 22.9 Å². The van der Waals surface area contributed by atoms with Crippen LogP contribution in [0.5, 0.6) is 0 Å². The molecule has 0 aromatic carbocycles. The molecule has 1 saturated carbocycles. The molecular formula is C25H30ClN7O3S. The van der Waals surface area contributed by atoms with Crippen molar-refractivity contribution in [3.05, 3.63) is 57.3 Å². The van der Waals surface area contributed by atoms with E-state index in [1.165, 1.54) is 17.5 Å². The lowest BCUT2D eigenvalue weighted by molar-refractivity contribution is -0.118. The number of aromatic nitrogens is 3. The predicted octanol–water partition coefficient (Wildman–Crippen LogP) is 4.12. The van der Waals surface area contributed by atoms with Crippen molar-refractivity contribution < 1.29 is 14.4 Å². The van der Waals surface area contributed by atoms with Gasteiger partial charge in [0.1, 0.15) is 6.04 Å². The van der Waals surface area contributed by atoms with Gasteiger partial charge in [-0.3, -0.25) is 19.1 Å². The fourth-order valence-corrected chi connectivity index (χ4v) is 5.58. The highest BCUT2D eigenvalue weighted by molar-refractivity contribution is 7.14. The summed E-state index contributed by atoms with van der Waals surface area (Å²) in [5.74, 6) is -0.836. The third kappa shape index (κ3) is 6.86. The number of pyridine rings is 1. The second-order valence-electron chi connectivity index (χ2n) is 9.29. The van der Waals surface area contributed by atoms with Crippen LogP contribution < -0.4 is 21.7 Å². The molecule has 3 heterocycles. The van der Waals surface area contributed by atoms with Crippen molar-refractivity contribution in [2.24, 2.45) is 18.7 Å². The summed E-state index contributed by atoms with van der Waals surface area (Å²) in [5.41, 5.74) is 6.51. The molecule has 3 amide bonds. The Kier molecular flexibility index (Phi) is 8.45. The molecule has 0 unspecified atom stereocenters. The number of nitrogens with one attached hydrogen (secondary N) is 3. The van der Waals surface area contributed by atoms with E-state index in [0.29, 0.717) is 33.6 Å². The Morgan fingerprint density at radius 1 is 1.24 bits per heavy atom. The maximum atomic E-state index is 13.2. The zero-order chi connectivity index (χ0) is 26.5. The van der Waals surface area contributed by atoms with Gasteiger partial charge in [0.05, 0.1) is 33.5 Å². The second-order valence-corrected chi connectivity index (χ2v) is 10.8. The van der Waals surface area contributed by atoms with E-state index in [9.17, 15) is 14.4 Å². The van der Waals surface area contributed by atoms with Gasteiger partial charge >= 0.3 is 0 Å². The number of carbonyl (C=O) groups is 3. The van der Waals surface area contributed by atoms with Gasteiger partial charge in [0.25, 0.3) is 11.8 Å². The van der Waals surface area contributed by atoms with Gasteiger partial charge in [-0.2, -0.15) is 5.10 Å². The van der Waals surface area contributed by atoms with Crippen LogP contribution in [0, 0.1) is 5.92 Å². The van der Waals surface area contributed by atoms with Crippen LogP contribution in [0.2, 0.25) is 5.02 Å². The summed E-state index contributed by atoms with van der Waals surface area (Å²) in [6.45, 7) is 1.89. The van der Waals surface area contributed by atoms with Crippen LogP contribution in [0.1, 0.15) is 70.1 Å². The van der Waals surface area contributed by atoms with Crippen molar-refractivity contribution in [1.82, 2.24) is 20.1 Å². The zero-order valence-electron chi connectivity index (χ0n) is 20.7. The minimum atomic E-state index is -0.671. The zero-order valence-corrected chi connectivity index (χ0v) is 22.2. The largest absolute Gasteiger partial charge is 0.376 e. The first kappa shape index (κ1) is 26.6. The van der Waals surface area contributed by atoms with Gasteiger partial charge in [0.2, 0.25) is 5.91 Å². The molecular weight excluding hydrogens is 514 g/mol. The number of anilines is 2. The van der Waals surface area contributed by atoms with E-state index in [1.54, 1.807) is 36.3 Å². The molecule has 1 aliphatic carbocycles. The first-order chi connectivity index (χ1) is 17.7. The number of carbonyl (C=O) groups excluding carboxylic acids is 3. The van der Waals surface area contributed by atoms with Crippen LogP contribution in [0.15, 0.2) is 36.8 Å². The molecule has 10 nitrogen and oxygen atoms in total. The number of nitrogens with zero attached hydrogens (tertiary/aromatic N) is 3. The van der Waals surface area contributed by atoms with Gasteiger partial charge in [0, 0.05) is 24.3 Å². The van der Waals surface area contributed by atoms with Gasteiger partial charge in [-0.05, 0) is 37.5 Å². The maximum absolute atomic E-state index is 13.2. The van der Waals surface area contributed by atoms with E-state index in [4.69, 9.17) is 17.3 Å². The number of nitrogens with two attached hydrogens (primary N) is 1. The summed E-state index contributed by atoms with van der Waals surface area (Å²) >= 11 is 7.34. The molecule has 5 N–H and O–H groups in total. The summed E-state index contributed by atoms with van der Waals surface area (Å²) in [6, 6.07) is 4.23. The highest BCUT2D eigenvalue weighted by Crippen LogP contribution is 2.30. The lowest BCUT2D eigenvalue weighted by Gasteiger charge is -2.21. The monoisotopic (exact) mass is 543 g/mol. The first-order valence-corrected chi connectivity index (χ1v) is 13.3. The Hall–Kier alpha value is -3.44. The molecule has 196 valence electrons. The van der Waals surface area contributed by atoms with Crippen molar-refractivity contribution in [2.75, 3.05) is 10.6 Å². The lowest BCUT2D eigenvalue weighted by atomic mass is 9.97. The average Bonchev–Trinajstić information content (AvgIpc) is 3.61. The number of thiophene rings is 1. The standard InChI is InChI=1S/C25H30ClN7O3S/c1-14(30-18-10-16(26)11-28-22(18)23(27)34)20-7-8-21(37-20)25(36)32-19(9-15-5-3-4-6-15)24(35)31-17-12-29-33(2)13-17/h7-8,10-15,19,30H,3-6,9H2,1-2H3,(H2,27,34)(H,31,35)(H,32,36)/t14-,19-/m0/s1. The molecule has 12 heteroatoms. The summed E-state index contributed by atoms with van der Waals surface area (Å²) in [5, 5.41) is 13.5. The fourth-order valence-electron chi connectivity index (χ4n) is 4.51. The van der Waals surface area contributed by atoms with Crippen LogP contribution in [-0.2, 0) is 11.8 Å². The van der Waals surface area contributed by atoms with Crippen LogP contribution in [0.4, 0.5) is 11.4 Å². The van der Waals surface area contributed by atoms with Crippen LogP contribution in [0.25, 0.3) is 0 Å². The summed E-state index contributed by atoms with van der Waals surface area (Å²) in [6.07, 6.45) is 9.65. The Morgan fingerprint density at radius 3 is 2.68 bits per heavy atom. The third-order valence-corrected chi connectivity index (χ3v) is 7.85. The van der Waals surface area contributed by atoms with Crippen molar-refractivity contribution in [2.45, 2.75) is 51.1 Å². The summed E-state index contributed by atoms with van der Waals surface area (Å²) in [7, 11) is 1.77. The van der Waals surface area contributed by atoms with Crippen molar-refractivity contribution in [3.63, 3.8) is 0 Å². The Balaban J connectivity index is 1.45. The number of aryl methyl sites for hydroxylation is 1. The quantitative estimate of drug-likeness (QED) is 0.303. The molecule has 0 bridgehead atoms. The first-order valence-electron chi connectivity index (χ1n) is 12.1. The molecule has 4 rings (SSSR count). The van der Waals surface area contributed by atoms with E-state index in [-0.39, 0.29) is 23.6 Å². The molecule has 3 aromatic rings. The van der Waals surface area contributed by atoms with Gasteiger partial charge in [-0.25, -0.2) is 4.98 Å². The minimum Gasteiger partial charge on any atom is -0.376 e. The van der Waals surface area contributed by atoms with E-state index >= 15 is 0 Å². The van der Waals surface area contributed by atoms with E-state index < -0.39 is 11.9 Å². The molecule has 37 heavy (non-hydrogen) atoms. The SMILES string of the molecule is C[C@H](Nc1cc(Cl)cnc1C(N)=O)c1ccc(C(=O)N[C@@H](CC2CCCC2)C(=O)Nc2cnn(C)c2)s1. The highest BCUT2D eigenvalue weighted by Gasteiger charge is 2.28. The fraction of sp³-hybridized carbons (Fsp3) is 0.400. The molecule has 2 atom stereocenters. The minimum absolute atomic E-state index is 0.0835. The smallest absolute Gasteiger partial charge is 0.269 e. The highest BCUT2D eigenvalue weighted by atomic mass is 35.5. The normalized spacial score (nSPS) is 15.2. The van der Waals surface area contributed by atoms with Crippen LogP contribution in [0.3, 0.4) is 0 Å². The lowest BCUT2D eigenvalue weighted by Crippen LogP contribution is -2.44. The van der Waals surface area contributed by atoms with E-state index in [1.807, 2.05) is 13.0 Å². The number of amides is 3. The molecule has 0 spiro atoms. The van der Waals surface area contributed by atoms with Gasteiger partial charge in [0.15, 0.2) is 5.69 Å². The molecule has 1 aliphatic rings. The number of hydrogen-bond acceptors (Lipinski definition) is 7. The average molecular weight is 544 g/mol. The van der Waals surface area contributed by atoms with E-state index in [2.05, 4.69) is 26.0 Å². The Bertz CT molecular complexity index is 1280. The molecule has 0 saturated heterocycles. The van der Waals surface area contributed by atoms with Gasteiger partial charge in [-0.15, -0.1) is 11.3 Å². The van der Waals surface area contributed by atoms with E-state index in [0.717, 1.165) is 30.6 Å². The number of halogens is 1. The molecule has 3 aromatic heterocycles. The molecule has 0 aliphatic heterocycles. The molecule has 0 radical (unpaired) electrons. The number of rotatable bonds is 10. The maximum Gasteiger partial charge on any atom is 0.269 e. The third-order valence-electron chi connectivity index (χ3n) is 6.38. The van der Waals surface area contributed by atoms with Gasteiger partial charge < -0.3 is 21.7 Å². The number of primary amides is 1. The van der Waals surface area contributed by atoms with Gasteiger partial charge in [-0.1, -0.05) is 37.3 Å². The van der Waals surface area contributed by atoms with Crippen molar-refractivity contribution in [1.29, 1.82) is 0 Å². The second kappa shape index (κ2) is 11.7. The van der Waals surface area contributed by atoms with Crippen molar-refractivity contribution >= 4 is 52.0 Å². The summed E-state index contributed by atoms with van der Waals surface area (Å²) < 4.78 is 1.61. The molecule has 1 fully saturated rings. The Morgan fingerprint density at radius 2 is 2.00 bits per heavy atom. The summed E-state index contributed by atoms with van der Waals surface area (Å²) in [4.78, 5) is 43.3. The van der Waals surface area contributed by atoms with Crippen molar-refractivity contribution in [3.8, 4) is 0 Å². The predicted molar refractivity (Wildman–Crippen MR) is 144 cm³/mol. The van der Waals surface area contributed by atoms with Crippen LogP contribution in [-0.4, -0.2) is 38.5 Å². The number of hydrogen-bond donors (Lipinski definition) is 4.